The normalized spacial score (nSPS) is 13.9. The zero-order chi connectivity index (χ0) is 29.3. The lowest BCUT2D eigenvalue weighted by Crippen LogP contribution is -2.14. The van der Waals surface area contributed by atoms with Gasteiger partial charge in [0, 0.05) is 0 Å². The molecular weight excluding hydrogens is 534 g/mol. The van der Waals surface area contributed by atoms with Crippen LogP contribution in [0.4, 0.5) is 0 Å². The summed E-state index contributed by atoms with van der Waals surface area (Å²) in [6.45, 7) is 9.03. The van der Waals surface area contributed by atoms with E-state index < -0.39 is 7.82 Å². The minimum absolute atomic E-state index is 0.0114. The van der Waals surface area contributed by atoms with Crippen LogP contribution in [0.3, 0.4) is 0 Å². The monoisotopic (exact) mass is 598 g/mol. The molecule has 6 heteroatoms. The van der Waals surface area contributed by atoms with E-state index in [1.54, 1.807) is 0 Å². The Kier molecular flexibility index (Phi) is 23.6. The molecule has 234 valence electrons. The van der Waals surface area contributed by atoms with E-state index in [-0.39, 0.29) is 14.0 Å². The molecule has 0 fully saturated rings. The molecule has 0 aliphatic carbocycles. The first-order valence-electron chi connectivity index (χ1n) is 17.0. The number of rotatable bonds is 28. The summed E-state index contributed by atoms with van der Waals surface area (Å²) in [4.78, 5) is 10.8. The summed E-state index contributed by atoms with van der Waals surface area (Å²) < 4.78 is 24.8. The second-order valence-electron chi connectivity index (χ2n) is 11.6. The van der Waals surface area contributed by atoms with E-state index in [9.17, 15) is 9.46 Å². The van der Waals surface area contributed by atoms with E-state index >= 15 is 0 Å². The molecule has 4 nitrogen and oxygen atoms in total. The maximum Gasteiger partial charge on any atom is 0.527 e. The maximum absolute atomic E-state index is 13.2. The van der Waals surface area contributed by atoms with Crippen molar-refractivity contribution >= 4 is 15.7 Å². The summed E-state index contributed by atoms with van der Waals surface area (Å²) in [5.74, 6) is 0.504. The van der Waals surface area contributed by atoms with Crippen LogP contribution in [0.5, 0.6) is 5.75 Å². The lowest BCUT2D eigenvalue weighted by molar-refractivity contribution is 0.119. The molecule has 0 saturated carbocycles. The third kappa shape index (κ3) is 19.7. The van der Waals surface area contributed by atoms with Crippen LogP contribution < -0.4 is 4.52 Å². The lowest BCUT2D eigenvalue weighted by Gasteiger charge is -2.22. The molecule has 1 rings (SSSR count). The smallest absolute Gasteiger partial charge is 0.404 e. The minimum Gasteiger partial charge on any atom is -0.404 e. The molecule has 1 aromatic carbocycles. The molecule has 2 atom stereocenters. The van der Waals surface area contributed by atoms with Crippen molar-refractivity contribution in [1.82, 2.24) is 0 Å². The molecule has 0 aromatic heterocycles. The van der Waals surface area contributed by atoms with E-state index in [2.05, 4.69) is 27.7 Å². The maximum atomic E-state index is 13.2. The van der Waals surface area contributed by atoms with Gasteiger partial charge in [-0.25, -0.2) is 4.57 Å². The molecule has 2 unspecified atom stereocenters. The van der Waals surface area contributed by atoms with Gasteiger partial charge in [-0.15, -0.1) is 7.92 Å². The first kappa shape index (κ1) is 37.6. The summed E-state index contributed by atoms with van der Waals surface area (Å²) in [6, 6.07) is 7.70. The fourth-order valence-electron chi connectivity index (χ4n) is 5.39. The summed E-state index contributed by atoms with van der Waals surface area (Å²) in [7, 11) is -4.19. The largest absolute Gasteiger partial charge is 0.527 e. The predicted octanol–water partition coefficient (Wildman–Crippen LogP) is 12.1. The van der Waals surface area contributed by atoms with Gasteiger partial charge in [0.05, 0.1) is 6.10 Å². The van der Waals surface area contributed by atoms with E-state index in [1.165, 1.54) is 109 Å². The van der Waals surface area contributed by atoms with Gasteiger partial charge < -0.3 is 4.52 Å². The van der Waals surface area contributed by atoms with Crippen LogP contribution in [0.25, 0.3) is 0 Å². The zero-order valence-corrected chi connectivity index (χ0v) is 28.5. The second kappa shape index (κ2) is 25.1. The van der Waals surface area contributed by atoms with Crippen LogP contribution in [0.2, 0.25) is 0 Å². The quantitative estimate of drug-likeness (QED) is 0.0770. The van der Waals surface area contributed by atoms with Crippen molar-refractivity contribution in [3.63, 3.8) is 0 Å². The molecule has 0 heterocycles. The third-order valence-electron chi connectivity index (χ3n) is 8.07. The number of hydrogen-bond donors (Lipinski definition) is 1. The summed E-state index contributed by atoms with van der Waals surface area (Å²) in [5.41, 5.74) is 1.01. The van der Waals surface area contributed by atoms with Crippen LogP contribution in [-0.4, -0.2) is 29.5 Å². The van der Waals surface area contributed by atoms with E-state index in [1.807, 2.05) is 24.3 Å². The summed E-state index contributed by atoms with van der Waals surface area (Å²) >= 11 is 0. The Hall–Kier alpha value is -0.400. The van der Waals surface area contributed by atoms with Crippen molar-refractivity contribution in [3.8, 4) is 5.75 Å². The van der Waals surface area contributed by atoms with Gasteiger partial charge in [-0.1, -0.05) is 155 Å². The van der Waals surface area contributed by atoms with Crippen molar-refractivity contribution < 1.29 is 18.5 Å². The lowest BCUT2D eigenvalue weighted by atomic mass is 10.0. The van der Waals surface area contributed by atoms with Gasteiger partial charge in [0.25, 0.3) is 0 Å². The van der Waals surface area contributed by atoms with Crippen LogP contribution in [0.15, 0.2) is 24.3 Å². The predicted molar refractivity (Wildman–Crippen MR) is 177 cm³/mol. The number of phosphoric ester groups is 1. The highest BCUT2D eigenvalue weighted by Gasteiger charge is 2.29. The standard InChI is InChI=1S/C34H64O4P2/c1-5-9-11-13-15-16-17-19-21-23-28-33(27-22-20-18-14-12-10-6-2)37-40(35,36)38-34-29-25-24-26-32(34)30-31-39(7-3)8-4/h24-26,29,33H,5-23,27-28,30-31H2,1-4H3,(H,35,36). The van der Waals surface area contributed by atoms with E-state index in [4.69, 9.17) is 9.05 Å². The third-order valence-corrected chi connectivity index (χ3v) is 11.7. The van der Waals surface area contributed by atoms with Crippen molar-refractivity contribution in [1.29, 1.82) is 0 Å². The molecule has 0 radical (unpaired) electrons. The second-order valence-corrected chi connectivity index (χ2v) is 15.9. The van der Waals surface area contributed by atoms with E-state index in [0.29, 0.717) is 5.75 Å². The highest BCUT2D eigenvalue weighted by Crippen LogP contribution is 2.47. The number of phosphoric acid groups is 1. The molecule has 40 heavy (non-hydrogen) atoms. The number of hydrogen-bond acceptors (Lipinski definition) is 3. The number of aryl methyl sites for hydroxylation is 1. The summed E-state index contributed by atoms with van der Waals surface area (Å²) in [5, 5.41) is 0. The van der Waals surface area contributed by atoms with Crippen LogP contribution in [0.1, 0.15) is 155 Å². The highest BCUT2D eigenvalue weighted by molar-refractivity contribution is 7.57. The van der Waals surface area contributed by atoms with Crippen LogP contribution >= 0.6 is 15.7 Å². The zero-order valence-electron chi connectivity index (χ0n) is 26.7. The Balaban J connectivity index is 2.59. The number of unbranched alkanes of at least 4 members (excludes halogenated alkanes) is 15. The van der Waals surface area contributed by atoms with Gasteiger partial charge in [-0.3, -0.25) is 9.42 Å². The van der Waals surface area contributed by atoms with Crippen molar-refractivity contribution in [2.75, 3.05) is 18.5 Å². The molecular formula is C34H64O4P2. The SMILES string of the molecule is CCCCCCCCCCCCC(CCCCCCCCC)OP(=O)(O)Oc1ccccc1CCP(CC)CC. The van der Waals surface area contributed by atoms with Crippen LogP contribution in [0, 0.1) is 0 Å². The first-order chi connectivity index (χ1) is 19.5. The Morgan fingerprint density at radius 1 is 0.700 bits per heavy atom. The number of para-hydroxylation sites is 1. The Morgan fingerprint density at radius 2 is 1.15 bits per heavy atom. The van der Waals surface area contributed by atoms with Gasteiger partial charge in [0.2, 0.25) is 0 Å². The molecule has 0 spiro atoms. The van der Waals surface area contributed by atoms with Gasteiger partial charge in [0.1, 0.15) is 5.75 Å². The molecule has 0 aliphatic rings. The Morgan fingerprint density at radius 3 is 1.62 bits per heavy atom. The van der Waals surface area contributed by atoms with Gasteiger partial charge in [-0.2, -0.15) is 0 Å². The fourth-order valence-corrected chi connectivity index (χ4v) is 8.08. The topological polar surface area (TPSA) is 55.8 Å². The molecule has 0 bridgehead atoms. The van der Waals surface area contributed by atoms with Gasteiger partial charge in [-0.05, 0) is 49.4 Å². The molecule has 0 amide bonds. The fraction of sp³-hybridized carbons (Fsp3) is 0.824. The molecule has 0 aliphatic heterocycles. The van der Waals surface area contributed by atoms with Crippen molar-refractivity contribution in [2.24, 2.45) is 0 Å². The van der Waals surface area contributed by atoms with E-state index in [0.717, 1.165) is 43.8 Å². The molecule has 0 saturated heterocycles. The summed E-state index contributed by atoms with van der Waals surface area (Å²) in [6.07, 6.45) is 27.4. The average molecular weight is 599 g/mol. The molecule has 1 N–H and O–H groups in total. The Labute approximate surface area is 250 Å². The van der Waals surface area contributed by atoms with Gasteiger partial charge >= 0.3 is 7.82 Å². The Bertz CT molecular complexity index is 753. The van der Waals surface area contributed by atoms with Crippen LogP contribution in [-0.2, 0) is 15.5 Å². The molecule has 1 aromatic rings. The first-order valence-corrected chi connectivity index (χ1v) is 20.4. The minimum atomic E-state index is -4.20. The van der Waals surface area contributed by atoms with Crippen molar-refractivity contribution in [3.05, 3.63) is 29.8 Å². The number of benzene rings is 1. The van der Waals surface area contributed by atoms with Gasteiger partial charge in [0.15, 0.2) is 0 Å². The highest BCUT2D eigenvalue weighted by atomic mass is 31.2. The average Bonchev–Trinajstić information content (AvgIpc) is 2.94. The van der Waals surface area contributed by atoms with Crippen molar-refractivity contribution in [2.45, 2.75) is 162 Å².